The van der Waals surface area contributed by atoms with Crippen LogP contribution in [0.25, 0.3) is 0 Å². The Morgan fingerprint density at radius 2 is 2.36 bits per heavy atom. The van der Waals surface area contributed by atoms with Crippen molar-refractivity contribution in [1.82, 2.24) is 5.32 Å². The maximum atomic E-state index is 8.99. The first-order valence-electron chi connectivity index (χ1n) is 5.25. The van der Waals surface area contributed by atoms with Crippen LogP contribution in [0.15, 0.2) is 18.2 Å². The highest BCUT2D eigenvalue weighted by molar-refractivity contribution is 5.38. The van der Waals surface area contributed by atoms with Gasteiger partial charge in [-0.15, -0.1) is 0 Å². The van der Waals surface area contributed by atoms with Crippen molar-refractivity contribution in [2.45, 2.75) is 25.8 Å². The maximum absolute atomic E-state index is 8.99. The number of aliphatic hydroxyl groups excluding tert-OH is 1. The van der Waals surface area contributed by atoms with Crippen molar-refractivity contribution in [2.75, 3.05) is 13.2 Å². The van der Waals surface area contributed by atoms with Crippen LogP contribution < -0.4 is 5.32 Å². The molecule has 0 spiro atoms. The Hall–Kier alpha value is -0.860. The number of benzene rings is 1. The van der Waals surface area contributed by atoms with Crippen molar-refractivity contribution in [1.29, 1.82) is 0 Å². The van der Waals surface area contributed by atoms with Gasteiger partial charge in [0.05, 0.1) is 0 Å². The summed E-state index contributed by atoms with van der Waals surface area (Å²) in [6.07, 6.45) is 1.93. The lowest BCUT2D eigenvalue weighted by molar-refractivity contribution is 0.263. The number of rotatable bonds is 2. The first kappa shape index (κ1) is 9.69. The molecule has 1 heterocycles. The molecule has 0 saturated carbocycles. The van der Waals surface area contributed by atoms with Gasteiger partial charge in [-0.25, -0.2) is 0 Å². The number of nitrogens with one attached hydrogen (secondary N) is 1. The van der Waals surface area contributed by atoms with Crippen molar-refractivity contribution in [3.8, 4) is 0 Å². The first-order chi connectivity index (χ1) is 6.83. The quantitative estimate of drug-likeness (QED) is 0.743. The smallest absolute Gasteiger partial charge is 0.0449 e. The van der Waals surface area contributed by atoms with Gasteiger partial charge in [-0.05, 0) is 43.0 Å². The summed E-state index contributed by atoms with van der Waals surface area (Å²) < 4.78 is 0. The molecule has 0 aliphatic carbocycles. The van der Waals surface area contributed by atoms with Gasteiger partial charge >= 0.3 is 0 Å². The second-order valence-electron chi connectivity index (χ2n) is 3.92. The summed E-state index contributed by atoms with van der Waals surface area (Å²) in [4.78, 5) is 0. The van der Waals surface area contributed by atoms with Crippen molar-refractivity contribution in [2.24, 2.45) is 0 Å². The molecule has 1 aromatic carbocycles. The predicted molar refractivity (Wildman–Crippen MR) is 57.3 cm³/mol. The summed E-state index contributed by atoms with van der Waals surface area (Å²) in [6.45, 7) is 3.43. The first-order valence-corrected chi connectivity index (χ1v) is 5.25. The van der Waals surface area contributed by atoms with Crippen molar-refractivity contribution < 1.29 is 5.11 Å². The van der Waals surface area contributed by atoms with Gasteiger partial charge in [-0.2, -0.15) is 0 Å². The Labute approximate surface area is 85.0 Å². The summed E-state index contributed by atoms with van der Waals surface area (Å²) in [6, 6.07) is 6.82. The number of hydrogen-bond acceptors (Lipinski definition) is 2. The molecular weight excluding hydrogens is 174 g/mol. The van der Waals surface area contributed by atoms with Gasteiger partial charge in [0.2, 0.25) is 0 Å². The molecule has 0 radical (unpaired) electrons. The monoisotopic (exact) mass is 191 g/mol. The summed E-state index contributed by atoms with van der Waals surface area (Å²) in [7, 11) is 0. The minimum Gasteiger partial charge on any atom is -0.396 e. The molecule has 1 aliphatic heterocycles. The number of aryl methyl sites for hydroxylation is 1. The molecule has 0 aromatic heterocycles. The Bertz CT molecular complexity index is 322. The van der Waals surface area contributed by atoms with Crippen molar-refractivity contribution >= 4 is 0 Å². The zero-order chi connectivity index (χ0) is 9.97. The third-order valence-electron chi connectivity index (χ3n) is 2.97. The Balaban J connectivity index is 2.36. The normalized spacial score (nSPS) is 20.6. The molecule has 0 bridgehead atoms. The van der Waals surface area contributed by atoms with Gasteiger partial charge in [-0.1, -0.05) is 18.2 Å². The average molecular weight is 191 g/mol. The van der Waals surface area contributed by atoms with E-state index in [-0.39, 0.29) is 6.61 Å². The van der Waals surface area contributed by atoms with E-state index in [0.717, 1.165) is 19.4 Å². The highest BCUT2D eigenvalue weighted by Gasteiger charge is 2.20. The zero-order valence-corrected chi connectivity index (χ0v) is 8.59. The molecule has 1 atom stereocenters. The predicted octanol–water partition coefficient (Wildman–Crippen LogP) is 1.56. The molecule has 76 valence electrons. The van der Waals surface area contributed by atoms with E-state index in [0.29, 0.717) is 6.04 Å². The van der Waals surface area contributed by atoms with Crippen LogP contribution in [0.5, 0.6) is 0 Å². The lowest BCUT2D eigenvalue weighted by atomic mass is 9.89. The molecular formula is C12H17NO. The molecule has 0 saturated heterocycles. The van der Waals surface area contributed by atoms with Gasteiger partial charge in [-0.3, -0.25) is 0 Å². The van der Waals surface area contributed by atoms with E-state index >= 15 is 0 Å². The fraction of sp³-hybridized carbons (Fsp3) is 0.500. The fourth-order valence-corrected chi connectivity index (χ4v) is 2.32. The van der Waals surface area contributed by atoms with Crippen LogP contribution in [0.2, 0.25) is 0 Å². The van der Waals surface area contributed by atoms with Gasteiger partial charge < -0.3 is 10.4 Å². The molecule has 2 N–H and O–H groups in total. The maximum Gasteiger partial charge on any atom is 0.0449 e. The third kappa shape index (κ3) is 1.68. The Kier molecular flexibility index (Phi) is 2.85. The fourth-order valence-electron chi connectivity index (χ4n) is 2.32. The molecule has 2 heteroatoms. The Morgan fingerprint density at radius 3 is 3.14 bits per heavy atom. The third-order valence-corrected chi connectivity index (χ3v) is 2.97. The van der Waals surface area contributed by atoms with Crippen LogP contribution >= 0.6 is 0 Å². The minimum absolute atomic E-state index is 0.255. The average Bonchev–Trinajstić information content (AvgIpc) is 2.19. The molecule has 1 aliphatic rings. The number of aliphatic hydroxyl groups is 1. The second-order valence-corrected chi connectivity index (χ2v) is 3.92. The van der Waals surface area contributed by atoms with E-state index in [4.69, 9.17) is 5.11 Å². The number of fused-ring (bicyclic) bond motifs is 1. The van der Waals surface area contributed by atoms with Crippen LogP contribution in [0, 0.1) is 6.92 Å². The van der Waals surface area contributed by atoms with Crippen LogP contribution in [0.4, 0.5) is 0 Å². The lowest BCUT2D eigenvalue weighted by Crippen LogP contribution is -2.31. The van der Waals surface area contributed by atoms with E-state index in [9.17, 15) is 0 Å². The second kappa shape index (κ2) is 4.11. The van der Waals surface area contributed by atoms with Crippen LogP contribution in [-0.4, -0.2) is 18.3 Å². The van der Waals surface area contributed by atoms with Gasteiger partial charge in [0, 0.05) is 12.6 Å². The topological polar surface area (TPSA) is 32.3 Å². The van der Waals surface area contributed by atoms with E-state index in [1.807, 2.05) is 0 Å². The zero-order valence-electron chi connectivity index (χ0n) is 8.59. The van der Waals surface area contributed by atoms with Crippen LogP contribution in [0.1, 0.15) is 29.2 Å². The van der Waals surface area contributed by atoms with Crippen molar-refractivity contribution in [3.05, 3.63) is 34.9 Å². The van der Waals surface area contributed by atoms with Gasteiger partial charge in [0.25, 0.3) is 0 Å². The Morgan fingerprint density at radius 1 is 1.50 bits per heavy atom. The molecule has 1 unspecified atom stereocenters. The lowest BCUT2D eigenvalue weighted by Gasteiger charge is -2.28. The SMILES string of the molecule is Cc1cccc2c1C(CCO)NCC2. The summed E-state index contributed by atoms with van der Waals surface area (Å²) in [5.74, 6) is 0. The van der Waals surface area contributed by atoms with E-state index in [1.54, 1.807) is 0 Å². The van der Waals surface area contributed by atoms with E-state index in [2.05, 4.69) is 30.4 Å². The summed E-state index contributed by atoms with van der Waals surface area (Å²) >= 11 is 0. The minimum atomic E-state index is 0.255. The number of hydrogen-bond donors (Lipinski definition) is 2. The largest absolute Gasteiger partial charge is 0.396 e. The highest BCUT2D eigenvalue weighted by Crippen LogP contribution is 2.27. The molecule has 2 nitrogen and oxygen atoms in total. The molecule has 2 rings (SSSR count). The van der Waals surface area contributed by atoms with E-state index < -0.39 is 0 Å². The van der Waals surface area contributed by atoms with E-state index in [1.165, 1.54) is 16.7 Å². The molecule has 0 amide bonds. The molecule has 1 aromatic rings. The highest BCUT2D eigenvalue weighted by atomic mass is 16.3. The summed E-state index contributed by atoms with van der Waals surface area (Å²) in [5, 5.41) is 12.5. The summed E-state index contributed by atoms with van der Waals surface area (Å²) in [5.41, 5.74) is 4.20. The van der Waals surface area contributed by atoms with Gasteiger partial charge in [0.15, 0.2) is 0 Å². The molecule has 0 fully saturated rings. The van der Waals surface area contributed by atoms with Gasteiger partial charge in [0.1, 0.15) is 0 Å². The van der Waals surface area contributed by atoms with Crippen LogP contribution in [0.3, 0.4) is 0 Å². The molecule has 14 heavy (non-hydrogen) atoms. The standard InChI is InChI=1S/C12H17NO/c1-9-3-2-4-10-5-7-13-11(6-8-14)12(9)10/h2-4,11,13-14H,5-8H2,1H3. The van der Waals surface area contributed by atoms with Crippen molar-refractivity contribution in [3.63, 3.8) is 0 Å². The van der Waals surface area contributed by atoms with Crippen LogP contribution in [-0.2, 0) is 6.42 Å².